The maximum absolute atomic E-state index is 12.0. The monoisotopic (exact) mass is 322 g/mol. The lowest BCUT2D eigenvalue weighted by Gasteiger charge is -2.11. The lowest BCUT2D eigenvalue weighted by atomic mass is 10.1. The Morgan fingerprint density at radius 3 is 2.82 bits per heavy atom. The maximum Gasteiger partial charge on any atom is 0.289 e. The number of amides is 1. The number of benzene rings is 1. The molecule has 5 nitrogen and oxygen atoms in total. The fraction of sp³-hybridized carbons (Fsp3) is 0.375. The van der Waals surface area contributed by atoms with Gasteiger partial charge in [0.1, 0.15) is 5.75 Å². The van der Waals surface area contributed by atoms with Gasteiger partial charge in [0, 0.05) is 18.5 Å². The van der Waals surface area contributed by atoms with Crippen LogP contribution in [0.2, 0.25) is 5.02 Å². The lowest BCUT2D eigenvalue weighted by Crippen LogP contribution is -2.26. The molecule has 0 radical (unpaired) electrons. The number of nitrogens with one attached hydrogen (secondary N) is 1. The van der Waals surface area contributed by atoms with E-state index < -0.39 is 0 Å². The molecule has 6 heteroatoms. The summed E-state index contributed by atoms with van der Waals surface area (Å²) >= 11 is 6.01. The molecule has 1 aromatic carbocycles. The highest BCUT2D eigenvalue weighted by Crippen LogP contribution is 2.23. The van der Waals surface area contributed by atoms with Crippen molar-refractivity contribution in [3.63, 3.8) is 0 Å². The minimum Gasteiger partial charge on any atom is -0.494 e. The molecule has 0 unspecified atom stereocenters. The Bertz CT molecular complexity index is 667. The van der Waals surface area contributed by atoms with Gasteiger partial charge in [-0.15, -0.1) is 0 Å². The van der Waals surface area contributed by atoms with Crippen LogP contribution in [0, 0.1) is 13.8 Å². The van der Waals surface area contributed by atoms with Crippen molar-refractivity contribution in [3.8, 4) is 5.75 Å². The first-order valence-corrected chi connectivity index (χ1v) is 7.52. The number of halogens is 1. The number of hydrogen-bond acceptors (Lipinski definition) is 4. The van der Waals surface area contributed by atoms with Gasteiger partial charge in [-0.25, -0.2) is 4.98 Å². The molecule has 0 fully saturated rings. The average molecular weight is 323 g/mol. The third-order valence-corrected chi connectivity index (χ3v) is 3.35. The quantitative estimate of drug-likeness (QED) is 0.886. The summed E-state index contributed by atoms with van der Waals surface area (Å²) in [5, 5.41) is 3.46. The number of carbonyl (C=O) groups excluding carboxylic acids is 1. The van der Waals surface area contributed by atoms with E-state index in [4.69, 9.17) is 20.8 Å². The number of aryl methyl sites for hydroxylation is 2. The van der Waals surface area contributed by atoms with E-state index in [1.807, 2.05) is 19.1 Å². The Morgan fingerprint density at radius 1 is 1.41 bits per heavy atom. The summed E-state index contributed by atoms with van der Waals surface area (Å²) in [6.07, 6.45) is 0.619. The van der Waals surface area contributed by atoms with Gasteiger partial charge in [0.2, 0.25) is 5.76 Å². The molecule has 0 saturated carbocycles. The van der Waals surface area contributed by atoms with Gasteiger partial charge >= 0.3 is 0 Å². The molecule has 2 aromatic rings. The van der Waals surface area contributed by atoms with Crippen molar-refractivity contribution in [1.29, 1.82) is 0 Å². The Hall–Kier alpha value is -2.01. The van der Waals surface area contributed by atoms with Crippen molar-refractivity contribution in [2.45, 2.75) is 27.2 Å². The standard InChI is InChI=1S/C16H19ClN2O3/c1-4-21-14-6-5-13(17)9-12(14)7-8-18-16(20)15-10(2)19-11(3)22-15/h5-6,9H,4,7-8H2,1-3H3,(H,18,20). The van der Waals surface area contributed by atoms with Crippen molar-refractivity contribution in [2.75, 3.05) is 13.2 Å². The van der Waals surface area contributed by atoms with Gasteiger partial charge < -0.3 is 14.5 Å². The number of oxazole rings is 1. The first-order chi connectivity index (χ1) is 10.5. The summed E-state index contributed by atoms with van der Waals surface area (Å²) < 4.78 is 10.8. The van der Waals surface area contributed by atoms with Gasteiger partial charge in [-0.05, 0) is 44.0 Å². The van der Waals surface area contributed by atoms with Crippen LogP contribution < -0.4 is 10.1 Å². The zero-order valence-corrected chi connectivity index (χ0v) is 13.7. The largest absolute Gasteiger partial charge is 0.494 e. The highest BCUT2D eigenvalue weighted by atomic mass is 35.5. The van der Waals surface area contributed by atoms with E-state index in [1.54, 1.807) is 19.9 Å². The molecule has 0 atom stereocenters. The van der Waals surface area contributed by atoms with Crippen LogP contribution in [-0.2, 0) is 6.42 Å². The second kappa shape index (κ2) is 7.31. The van der Waals surface area contributed by atoms with Crippen molar-refractivity contribution in [2.24, 2.45) is 0 Å². The van der Waals surface area contributed by atoms with Gasteiger partial charge in [0.25, 0.3) is 5.91 Å². The zero-order valence-electron chi connectivity index (χ0n) is 12.9. The smallest absolute Gasteiger partial charge is 0.289 e. The molecule has 0 saturated heterocycles. The molecular formula is C16H19ClN2O3. The van der Waals surface area contributed by atoms with Crippen LogP contribution in [0.1, 0.15) is 34.6 Å². The Morgan fingerprint density at radius 2 is 2.18 bits per heavy atom. The van der Waals surface area contributed by atoms with Gasteiger partial charge in [0.05, 0.1) is 12.3 Å². The molecule has 118 valence electrons. The lowest BCUT2D eigenvalue weighted by molar-refractivity contribution is 0.0924. The van der Waals surface area contributed by atoms with Gasteiger partial charge in [-0.1, -0.05) is 11.6 Å². The van der Waals surface area contributed by atoms with Gasteiger partial charge in [-0.2, -0.15) is 0 Å². The number of rotatable bonds is 6. The van der Waals surface area contributed by atoms with E-state index in [0.717, 1.165) is 11.3 Å². The number of nitrogens with zero attached hydrogens (tertiary/aromatic N) is 1. The fourth-order valence-corrected chi connectivity index (χ4v) is 2.37. The van der Waals surface area contributed by atoms with Crippen molar-refractivity contribution < 1.29 is 13.9 Å². The number of carbonyl (C=O) groups is 1. The fourth-order valence-electron chi connectivity index (χ4n) is 2.17. The summed E-state index contributed by atoms with van der Waals surface area (Å²) in [4.78, 5) is 16.1. The zero-order chi connectivity index (χ0) is 16.1. The number of ether oxygens (including phenoxy) is 1. The second-order valence-electron chi connectivity index (χ2n) is 4.84. The highest BCUT2D eigenvalue weighted by molar-refractivity contribution is 6.30. The van der Waals surface area contributed by atoms with Crippen LogP contribution in [0.5, 0.6) is 5.75 Å². The Kier molecular flexibility index (Phi) is 5.44. The number of hydrogen-bond donors (Lipinski definition) is 1. The van der Waals surface area contributed by atoms with Crippen molar-refractivity contribution >= 4 is 17.5 Å². The van der Waals surface area contributed by atoms with Crippen LogP contribution >= 0.6 is 11.6 Å². The Labute approximate surface area is 134 Å². The summed E-state index contributed by atoms with van der Waals surface area (Å²) in [7, 11) is 0. The first kappa shape index (κ1) is 16.4. The minimum atomic E-state index is -0.266. The molecule has 2 rings (SSSR count). The molecule has 0 aliphatic carbocycles. The van der Waals surface area contributed by atoms with E-state index in [2.05, 4.69) is 10.3 Å². The third-order valence-electron chi connectivity index (χ3n) is 3.11. The van der Waals surface area contributed by atoms with Crippen molar-refractivity contribution in [1.82, 2.24) is 10.3 Å². The highest BCUT2D eigenvalue weighted by Gasteiger charge is 2.15. The summed E-state index contributed by atoms with van der Waals surface area (Å²) in [5.41, 5.74) is 1.55. The van der Waals surface area contributed by atoms with Crippen LogP contribution in [0.25, 0.3) is 0 Å². The SMILES string of the molecule is CCOc1ccc(Cl)cc1CCNC(=O)c1oc(C)nc1C. The minimum absolute atomic E-state index is 0.258. The van der Waals surface area contributed by atoms with Crippen molar-refractivity contribution in [3.05, 3.63) is 46.1 Å². The molecule has 1 amide bonds. The van der Waals surface area contributed by atoms with Crippen LogP contribution in [0.15, 0.2) is 22.6 Å². The van der Waals surface area contributed by atoms with E-state index >= 15 is 0 Å². The molecule has 1 heterocycles. The van der Waals surface area contributed by atoms with Crippen LogP contribution in [0.4, 0.5) is 0 Å². The summed E-state index contributed by atoms with van der Waals surface area (Å²) in [6.45, 7) is 6.42. The van der Waals surface area contributed by atoms with E-state index in [9.17, 15) is 4.79 Å². The van der Waals surface area contributed by atoms with Crippen LogP contribution in [-0.4, -0.2) is 24.0 Å². The molecule has 0 bridgehead atoms. The first-order valence-electron chi connectivity index (χ1n) is 7.14. The molecular weight excluding hydrogens is 304 g/mol. The summed E-state index contributed by atoms with van der Waals surface area (Å²) in [6, 6.07) is 5.48. The molecule has 1 N–H and O–H groups in total. The van der Waals surface area contributed by atoms with Crippen LogP contribution in [0.3, 0.4) is 0 Å². The predicted molar refractivity (Wildman–Crippen MR) is 84.6 cm³/mol. The molecule has 0 spiro atoms. The van der Waals surface area contributed by atoms with Gasteiger partial charge in [-0.3, -0.25) is 4.79 Å². The average Bonchev–Trinajstić information content (AvgIpc) is 2.80. The maximum atomic E-state index is 12.0. The molecule has 0 aliphatic heterocycles. The molecule has 22 heavy (non-hydrogen) atoms. The third kappa shape index (κ3) is 4.01. The normalized spacial score (nSPS) is 10.5. The Balaban J connectivity index is 1.97. The van der Waals surface area contributed by atoms with E-state index in [-0.39, 0.29) is 11.7 Å². The topological polar surface area (TPSA) is 64.4 Å². The van der Waals surface area contributed by atoms with E-state index in [1.165, 1.54) is 0 Å². The summed E-state index contributed by atoms with van der Waals surface area (Å²) in [5.74, 6) is 1.26. The molecule has 0 aliphatic rings. The second-order valence-corrected chi connectivity index (χ2v) is 5.27. The predicted octanol–water partition coefficient (Wildman–Crippen LogP) is 3.32. The number of aromatic nitrogens is 1. The van der Waals surface area contributed by atoms with E-state index in [0.29, 0.717) is 36.2 Å². The molecule has 1 aromatic heterocycles. The van der Waals surface area contributed by atoms with Gasteiger partial charge in [0.15, 0.2) is 5.89 Å².